The lowest BCUT2D eigenvalue weighted by Gasteiger charge is -2.42. The molecule has 7 nitrogen and oxygen atoms in total. The molecule has 1 unspecified atom stereocenters. The summed E-state index contributed by atoms with van der Waals surface area (Å²) in [6, 6.07) is 4.11. The molecule has 1 aromatic heterocycles. The summed E-state index contributed by atoms with van der Waals surface area (Å²) in [4.78, 5) is 25.4. The predicted octanol–water partition coefficient (Wildman–Crippen LogP) is 3.38. The number of nitrogens with zero attached hydrogens (tertiary/aromatic N) is 4. The molecule has 1 amide bonds. The lowest BCUT2D eigenvalue weighted by Crippen LogP contribution is -2.49. The summed E-state index contributed by atoms with van der Waals surface area (Å²) in [6.07, 6.45) is 8.42. The maximum atomic E-state index is 11.5. The Morgan fingerprint density at radius 3 is 2.74 bits per heavy atom. The number of rotatable bonds is 6. The molecule has 2 saturated heterocycles. The summed E-state index contributed by atoms with van der Waals surface area (Å²) in [5.41, 5.74) is 7.01. The standard InChI is InChI=1S/C23H38N6O.HI/c1-4-10-23(2)11-6-13-29(17-23)22(25-3)27-16-19-7-5-12-26-21(19)28-14-8-18(9-15-28)20(24)30;/h5,7,12,18H,4,6,8-11,13-17H2,1-3H3,(H2,24,30)(H,25,27);1H. The zero-order chi connectivity index (χ0) is 21.6. The minimum Gasteiger partial charge on any atom is -0.369 e. The van der Waals surface area contributed by atoms with E-state index in [4.69, 9.17) is 5.73 Å². The third-order valence-electron chi connectivity index (χ3n) is 6.65. The molecule has 0 bridgehead atoms. The highest BCUT2D eigenvalue weighted by Gasteiger charge is 2.31. The molecular weight excluding hydrogens is 503 g/mol. The van der Waals surface area contributed by atoms with Gasteiger partial charge in [-0.2, -0.15) is 0 Å². The second kappa shape index (κ2) is 11.9. The van der Waals surface area contributed by atoms with Crippen LogP contribution in [0.1, 0.15) is 57.9 Å². The van der Waals surface area contributed by atoms with E-state index >= 15 is 0 Å². The molecule has 8 heteroatoms. The zero-order valence-electron chi connectivity index (χ0n) is 19.3. The average molecular weight is 543 g/mol. The number of carbonyl (C=O) groups is 1. The van der Waals surface area contributed by atoms with Crippen molar-refractivity contribution in [2.45, 2.75) is 58.9 Å². The molecule has 0 aromatic carbocycles. The number of primary amides is 1. The van der Waals surface area contributed by atoms with Crippen LogP contribution in [0.3, 0.4) is 0 Å². The van der Waals surface area contributed by atoms with Gasteiger partial charge in [0.05, 0.1) is 0 Å². The fraction of sp³-hybridized carbons (Fsp3) is 0.696. The summed E-state index contributed by atoms with van der Waals surface area (Å²) in [5.74, 6) is 1.77. The quantitative estimate of drug-likeness (QED) is 0.327. The number of halogens is 1. The number of carbonyl (C=O) groups excluding carboxylic acids is 1. The van der Waals surface area contributed by atoms with Gasteiger partial charge in [-0.1, -0.05) is 26.3 Å². The molecule has 0 spiro atoms. The minimum atomic E-state index is -0.182. The number of pyridine rings is 1. The normalized spacial score (nSPS) is 22.7. The summed E-state index contributed by atoms with van der Waals surface area (Å²) >= 11 is 0. The fourth-order valence-electron chi connectivity index (χ4n) is 5.04. The fourth-order valence-corrected chi connectivity index (χ4v) is 5.04. The number of nitrogens with two attached hydrogens (primary N) is 1. The van der Waals surface area contributed by atoms with Gasteiger partial charge >= 0.3 is 0 Å². The first-order chi connectivity index (χ1) is 14.5. The minimum absolute atomic E-state index is 0. The van der Waals surface area contributed by atoms with Gasteiger partial charge in [-0.05, 0) is 43.6 Å². The van der Waals surface area contributed by atoms with Crippen LogP contribution in [0.4, 0.5) is 5.82 Å². The number of guanidine groups is 1. The Hall–Kier alpha value is -1.58. The second-order valence-corrected chi connectivity index (χ2v) is 9.14. The van der Waals surface area contributed by atoms with Gasteiger partial charge in [0.15, 0.2) is 5.96 Å². The molecule has 31 heavy (non-hydrogen) atoms. The lowest BCUT2D eigenvalue weighted by atomic mass is 9.78. The molecule has 3 heterocycles. The highest BCUT2D eigenvalue weighted by molar-refractivity contribution is 14.0. The molecule has 3 rings (SSSR count). The number of hydrogen-bond donors (Lipinski definition) is 2. The summed E-state index contributed by atoms with van der Waals surface area (Å²) in [7, 11) is 1.87. The Kier molecular flexibility index (Phi) is 9.84. The van der Waals surface area contributed by atoms with Gasteiger partial charge in [-0.3, -0.25) is 9.79 Å². The van der Waals surface area contributed by atoms with Gasteiger partial charge in [-0.25, -0.2) is 4.98 Å². The summed E-state index contributed by atoms with van der Waals surface area (Å²) in [6.45, 7) is 9.10. The molecule has 0 radical (unpaired) electrons. The van der Waals surface area contributed by atoms with Crippen LogP contribution in [0.2, 0.25) is 0 Å². The third kappa shape index (κ3) is 6.70. The summed E-state index contributed by atoms with van der Waals surface area (Å²) in [5, 5.41) is 3.58. The maximum absolute atomic E-state index is 11.5. The van der Waals surface area contributed by atoms with E-state index in [2.05, 4.69) is 45.0 Å². The Labute approximate surface area is 204 Å². The molecule has 1 atom stereocenters. The van der Waals surface area contributed by atoms with E-state index in [1.807, 2.05) is 19.3 Å². The maximum Gasteiger partial charge on any atom is 0.220 e. The number of amides is 1. The number of likely N-dealkylation sites (tertiary alicyclic amines) is 1. The first-order valence-corrected chi connectivity index (χ1v) is 11.4. The SMILES string of the molecule is CCCC1(C)CCCN(C(=NC)NCc2cccnc2N2CCC(C(N)=O)CC2)C1.I. The van der Waals surface area contributed by atoms with Gasteiger partial charge in [0.25, 0.3) is 0 Å². The van der Waals surface area contributed by atoms with Gasteiger partial charge in [-0.15, -0.1) is 24.0 Å². The van der Waals surface area contributed by atoms with Gasteiger partial charge in [0, 0.05) is 57.4 Å². The number of nitrogens with one attached hydrogen (secondary N) is 1. The topological polar surface area (TPSA) is 86.8 Å². The number of hydrogen-bond acceptors (Lipinski definition) is 4. The first-order valence-electron chi connectivity index (χ1n) is 11.4. The average Bonchev–Trinajstić information content (AvgIpc) is 2.74. The number of piperidine rings is 2. The van der Waals surface area contributed by atoms with Crippen molar-refractivity contribution in [1.82, 2.24) is 15.2 Å². The smallest absolute Gasteiger partial charge is 0.220 e. The molecule has 174 valence electrons. The molecule has 0 saturated carbocycles. The van der Waals surface area contributed by atoms with Gasteiger partial charge in [0.2, 0.25) is 5.91 Å². The molecule has 2 fully saturated rings. The highest BCUT2D eigenvalue weighted by atomic mass is 127. The van der Waals surface area contributed by atoms with Gasteiger partial charge < -0.3 is 20.9 Å². The number of aromatic nitrogens is 1. The zero-order valence-corrected chi connectivity index (χ0v) is 21.6. The third-order valence-corrected chi connectivity index (χ3v) is 6.65. The van der Waals surface area contributed by atoms with E-state index in [1.54, 1.807) is 0 Å². The Morgan fingerprint density at radius 1 is 1.35 bits per heavy atom. The summed E-state index contributed by atoms with van der Waals surface area (Å²) < 4.78 is 0. The van der Waals surface area contributed by atoms with Crippen molar-refractivity contribution in [3.63, 3.8) is 0 Å². The van der Waals surface area contributed by atoms with Crippen LogP contribution in [0, 0.1) is 11.3 Å². The molecule has 2 aliphatic heterocycles. The van der Waals surface area contributed by atoms with Crippen molar-refractivity contribution in [2.75, 3.05) is 38.1 Å². The van der Waals surface area contributed by atoms with Crippen LogP contribution in [-0.2, 0) is 11.3 Å². The van der Waals surface area contributed by atoms with E-state index in [-0.39, 0.29) is 35.8 Å². The molecular formula is C23H39IN6O. The van der Waals surface area contributed by atoms with E-state index in [0.29, 0.717) is 12.0 Å². The van der Waals surface area contributed by atoms with Crippen molar-refractivity contribution < 1.29 is 4.79 Å². The van der Waals surface area contributed by atoms with Crippen LogP contribution in [0.15, 0.2) is 23.3 Å². The van der Waals surface area contributed by atoms with E-state index < -0.39 is 0 Å². The second-order valence-electron chi connectivity index (χ2n) is 9.14. The Balaban J connectivity index is 0.00000341. The van der Waals surface area contributed by atoms with Crippen molar-refractivity contribution in [1.29, 1.82) is 0 Å². The highest BCUT2D eigenvalue weighted by Crippen LogP contribution is 2.34. The molecule has 3 N–H and O–H groups in total. The first kappa shape index (κ1) is 25.7. The Morgan fingerprint density at radius 2 is 2.10 bits per heavy atom. The Bertz CT molecular complexity index is 745. The largest absolute Gasteiger partial charge is 0.369 e. The van der Waals surface area contributed by atoms with Crippen LogP contribution >= 0.6 is 24.0 Å². The van der Waals surface area contributed by atoms with E-state index in [1.165, 1.54) is 25.7 Å². The van der Waals surface area contributed by atoms with Crippen molar-refractivity contribution in [3.8, 4) is 0 Å². The molecule has 1 aromatic rings. The molecule has 2 aliphatic rings. The predicted molar refractivity (Wildman–Crippen MR) is 138 cm³/mol. The van der Waals surface area contributed by atoms with E-state index in [0.717, 1.165) is 56.4 Å². The van der Waals surface area contributed by atoms with Crippen LogP contribution < -0.4 is 16.0 Å². The van der Waals surface area contributed by atoms with Crippen molar-refractivity contribution >= 4 is 41.7 Å². The van der Waals surface area contributed by atoms with Crippen LogP contribution in [0.25, 0.3) is 0 Å². The number of anilines is 1. The van der Waals surface area contributed by atoms with Crippen LogP contribution in [-0.4, -0.2) is 55.0 Å². The van der Waals surface area contributed by atoms with Crippen molar-refractivity contribution in [2.24, 2.45) is 22.1 Å². The monoisotopic (exact) mass is 542 g/mol. The lowest BCUT2D eigenvalue weighted by molar-refractivity contribution is -0.122. The van der Waals surface area contributed by atoms with Crippen LogP contribution in [0.5, 0.6) is 0 Å². The van der Waals surface area contributed by atoms with E-state index in [9.17, 15) is 4.79 Å². The molecule has 0 aliphatic carbocycles. The van der Waals surface area contributed by atoms with Gasteiger partial charge in [0.1, 0.15) is 5.82 Å². The van der Waals surface area contributed by atoms with Crippen molar-refractivity contribution in [3.05, 3.63) is 23.9 Å². The number of aliphatic imine (C=N–C) groups is 1.